The minimum atomic E-state index is -1.35. The van der Waals surface area contributed by atoms with Gasteiger partial charge in [-0.1, -0.05) is 42.5 Å². The van der Waals surface area contributed by atoms with Crippen LogP contribution in [0.3, 0.4) is 0 Å². The molecule has 11 nitrogen and oxygen atoms in total. The lowest BCUT2D eigenvalue weighted by Gasteiger charge is -2.25. The van der Waals surface area contributed by atoms with Crippen molar-refractivity contribution < 1.29 is 24.2 Å². The third-order valence-electron chi connectivity index (χ3n) is 6.40. The number of nitriles is 1. The molecule has 1 aromatic heterocycles. The Morgan fingerprint density at radius 2 is 1.79 bits per heavy atom. The maximum absolute atomic E-state index is 13.8. The zero-order valence-electron chi connectivity index (χ0n) is 20.9. The minimum Gasteiger partial charge on any atom is -0.489 e. The molecule has 0 aliphatic carbocycles. The van der Waals surface area contributed by atoms with E-state index in [2.05, 4.69) is 16.7 Å². The summed E-state index contributed by atoms with van der Waals surface area (Å²) in [7, 11) is 0. The second-order valence-electron chi connectivity index (χ2n) is 8.94. The molecule has 0 saturated carbocycles. The fourth-order valence-electron chi connectivity index (χ4n) is 4.50. The van der Waals surface area contributed by atoms with Crippen LogP contribution in [-0.2, 0) is 16.1 Å². The van der Waals surface area contributed by atoms with Gasteiger partial charge in [0.25, 0.3) is 5.91 Å². The van der Waals surface area contributed by atoms with Gasteiger partial charge in [0.1, 0.15) is 30.5 Å². The van der Waals surface area contributed by atoms with Gasteiger partial charge >= 0.3 is 6.09 Å². The van der Waals surface area contributed by atoms with Gasteiger partial charge in [0.15, 0.2) is 0 Å². The average molecular weight is 525 g/mol. The van der Waals surface area contributed by atoms with Crippen molar-refractivity contribution in [2.75, 3.05) is 11.5 Å². The van der Waals surface area contributed by atoms with Crippen molar-refractivity contribution >= 4 is 34.5 Å². The zero-order chi connectivity index (χ0) is 27.5. The fraction of sp³-hybridized carbons (Fsp3) is 0.179. The molecule has 1 aliphatic rings. The molecule has 3 amide bonds. The highest BCUT2D eigenvalue weighted by Gasteiger charge is 2.34. The highest BCUT2D eigenvalue weighted by Crippen LogP contribution is 2.33. The van der Waals surface area contributed by atoms with Crippen LogP contribution in [-0.4, -0.2) is 51.5 Å². The molecule has 11 heteroatoms. The monoisotopic (exact) mass is 524 g/mol. The van der Waals surface area contributed by atoms with Crippen LogP contribution in [0.1, 0.15) is 18.2 Å². The third-order valence-corrected chi connectivity index (χ3v) is 6.40. The molecule has 0 bridgehead atoms. The molecule has 3 aromatic carbocycles. The molecule has 0 fully saturated rings. The van der Waals surface area contributed by atoms with Crippen LogP contribution in [0.2, 0.25) is 0 Å². The van der Waals surface area contributed by atoms with Crippen molar-refractivity contribution in [2.24, 2.45) is 0 Å². The smallest absolute Gasteiger partial charge is 0.405 e. The van der Waals surface area contributed by atoms with E-state index in [0.717, 1.165) is 10.9 Å². The van der Waals surface area contributed by atoms with Crippen LogP contribution in [0.15, 0.2) is 72.8 Å². The van der Waals surface area contributed by atoms with Crippen molar-refractivity contribution in [3.8, 4) is 17.5 Å². The Labute approximate surface area is 223 Å². The second-order valence-corrected chi connectivity index (χ2v) is 8.94. The number of carbonyl (C=O) groups is 3. The summed E-state index contributed by atoms with van der Waals surface area (Å²) < 4.78 is 7.56. The standard InChI is InChI=1S/C28H24N6O5/c1-17(30-28(37)38)26(35)31-21-16-39-25-13-7-6-12-24(25)33(27(21)36)15-20-19-9-3-5-11-23(19)34(32-20)22-10-4-2-8-18(22)14-29/h2-13,17,21,30H,15-16H2,1H3,(H,31,35)(H,37,38)/t17-,21-/m0/s1. The quantitative estimate of drug-likeness (QED) is 0.351. The molecule has 2 atom stereocenters. The molecular weight excluding hydrogens is 500 g/mol. The predicted molar refractivity (Wildman–Crippen MR) is 141 cm³/mol. The van der Waals surface area contributed by atoms with E-state index in [9.17, 15) is 19.6 Å². The van der Waals surface area contributed by atoms with E-state index in [1.54, 1.807) is 47.1 Å². The largest absolute Gasteiger partial charge is 0.489 e. The summed E-state index contributed by atoms with van der Waals surface area (Å²) in [5.74, 6) is -0.641. The van der Waals surface area contributed by atoms with Crippen molar-refractivity contribution in [1.29, 1.82) is 5.26 Å². The molecule has 0 radical (unpaired) electrons. The van der Waals surface area contributed by atoms with E-state index in [4.69, 9.17) is 14.9 Å². The van der Waals surface area contributed by atoms with Crippen LogP contribution < -0.4 is 20.3 Å². The van der Waals surface area contributed by atoms with Gasteiger partial charge in [0, 0.05) is 5.39 Å². The van der Waals surface area contributed by atoms with Gasteiger partial charge in [-0.25, -0.2) is 9.48 Å². The molecule has 196 valence electrons. The Morgan fingerprint density at radius 1 is 1.10 bits per heavy atom. The lowest BCUT2D eigenvalue weighted by Crippen LogP contribution is -2.54. The second kappa shape index (κ2) is 10.5. The Morgan fingerprint density at radius 3 is 2.56 bits per heavy atom. The summed E-state index contributed by atoms with van der Waals surface area (Å²) >= 11 is 0. The Hall–Kier alpha value is -5.37. The molecule has 2 heterocycles. The summed E-state index contributed by atoms with van der Waals surface area (Å²) in [5.41, 5.74) is 2.91. The van der Waals surface area contributed by atoms with E-state index in [1.807, 2.05) is 30.3 Å². The van der Waals surface area contributed by atoms with Gasteiger partial charge in [-0.3, -0.25) is 9.59 Å². The van der Waals surface area contributed by atoms with Crippen LogP contribution in [0.4, 0.5) is 10.5 Å². The first kappa shape index (κ1) is 25.3. The molecule has 3 N–H and O–H groups in total. The molecule has 1 aliphatic heterocycles. The Kier molecular flexibility index (Phi) is 6.84. The number of benzene rings is 3. The number of carbonyl (C=O) groups excluding carboxylic acids is 2. The molecule has 4 aromatic rings. The van der Waals surface area contributed by atoms with Gasteiger partial charge in [0.2, 0.25) is 5.91 Å². The highest BCUT2D eigenvalue weighted by atomic mass is 16.5. The number of nitrogens with one attached hydrogen (secondary N) is 2. The third kappa shape index (κ3) is 4.95. The lowest BCUT2D eigenvalue weighted by molar-refractivity contribution is -0.129. The molecule has 0 saturated heterocycles. The van der Waals surface area contributed by atoms with E-state index in [1.165, 1.54) is 11.8 Å². The molecular formula is C28H24N6O5. The van der Waals surface area contributed by atoms with E-state index in [0.29, 0.717) is 28.4 Å². The first-order chi connectivity index (χ1) is 18.9. The van der Waals surface area contributed by atoms with Crippen LogP contribution in [0.5, 0.6) is 5.75 Å². The minimum absolute atomic E-state index is 0.0523. The number of hydrogen-bond acceptors (Lipinski definition) is 6. The van der Waals surface area contributed by atoms with E-state index in [-0.39, 0.29) is 13.2 Å². The van der Waals surface area contributed by atoms with Gasteiger partial charge in [-0.05, 0) is 37.3 Å². The van der Waals surface area contributed by atoms with Gasteiger partial charge < -0.3 is 25.4 Å². The molecule has 5 rings (SSSR count). The maximum Gasteiger partial charge on any atom is 0.405 e. The highest BCUT2D eigenvalue weighted by molar-refractivity contribution is 6.02. The first-order valence-electron chi connectivity index (χ1n) is 12.2. The fourth-order valence-corrected chi connectivity index (χ4v) is 4.50. The summed E-state index contributed by atoms with van der Waals surface area (Å²) in [6, 6.07) is 21.7. The number of carboxylic acid groups (broad SMARTS) is 1. The SMILES string of the molecule is C[C@H](NC(=O)O)C(=O)N[C@H]1COc2ccccc2N(Cc2nn(-c3ccccc3C#N)c3ccccc23)C1=O. The normalized spacial score (nSPS) is 15.4. The summed E-state index contributed by atoms with van der Waals surface area (Å²) in [4.78, 5) is 38.9. The number of rotatable bonds is 6. The summed E-state index contributed by atoms with van der Waals surface area (Å²) in [6.07, 6.45) is -1.35. The number of ether oxygens (including phenoxy) is 1. The average Bonchev–Trinajstić information content (AvgIpc) is 3.25. The summed E-state index contributed by atoms with van der Waals surface area (Å²) in [5, 5.41) is 28.9. The Bertz CT molecular complexity index is 1620. The number of anilines is 1. The van der Waals surface area contributed by atoms with Crippen molar-refractivity contribution in [1.82, 2.24) is 20.4 Å². The molecule has 0 unspecified atom stereocenters. The predicted octanol–water partition coefficient (Wildman–Crippen LogP) is 2.96. The zero-order valence-corrected chi connectivity index (χ0v) is 20.9. The van der Waals surface area contributed by atoms with Crippen LogP contribution in [0.25, 0.3) is 16.6 Å². The number of para-hydroxylation sites is 4. The lowest BCUT2D eigenvalue weighted by atomic mass is 10.1. The topological polar surface area (TPSA) is 150 Å². The van der Waals surface area contributed by atoms with Crippen molar-refractivity contribution in [3.63, 3.8) is 0 Å². The summed E-state index contributed by atoms with van der Waals surface area (Å²) in [6.45, 7) is 1.30. The van der Waals surface area contributed by atoms with Crippen molar-refractivity contribution in [2.45, 2.75) is 25.6 Å². The van der Waals surface area contributed by atoms with E-state index < -0.39 is 30.0 Å². The van der Waals surface area contributed by atoms with E-state index >= 15 is 0 Å². The number of fused-ring (bicyclic) bond motifs is 2. The number of nitrogens with zero attached hydrogens (tertiary/aromatic N) is 4. The van der Waals surface area contributed by atoms with Gasteiger partial charge in [0.05, 0.1) is 34.7 Å². The molecule has 0 spiro atoms. The van der Waals surface area contributed by atoms with Gasteiger partial charge in [-0.15, -0.1) is 0 Å². The van der Waals surface area contributed by atoms with Crippen LogP contribution >= 0.6 is 0 Å². The van der Waals surface area contributed by atoms with Crippen molar-refractivity contribution in [3.05, 3.63) is 84.1 Å². The number of aromatic nitrogens is 2. The van der Waals surface area contributed by atoms with Gasteiger partial charge in [-0.2, -0.15) is 10.4 Å². The number of amides is 3. The maximum atomic E-state index is 13.8. The molecule has 39 heavy (non-hydrogen) atoms. The number of hydrogen-bond donors (Lipinski definition) is 3. The first-order valence-corrected chi connectivity index (χ1v) is 12.2. The van der Waals surface area contributed by atoms with Crippen LogP contribution in [0, 0.1) is 11.3 Å². The Balaban J connectivity index is 1.54.